The van der Waals surface area contributed by atoms with Crippen molar-refractivity contribution in [3.05, 3.63) is 29.3 Å². The molecule has 0 bridgehead atoms. The van der Waals surface area contributed by atoms with Crippen molar-refractivity contribution in [2.75, 3.05) is 12.0 Å². The van der Waals surface area contributed by atoms with Crippen LogP contribution in [0.5, 0.6) is 0 Å². The SMILES string of the molecule is COC(=O)C(C)(C)N1c2ccc(C)cc2C(C)CC1(C)C. The molecule has 0 spiro atoms. The third-order valence-electron chi connectivity index (χ3n) is 4.61. The molecule has 1 aliphatic rings. The van der Waals surface area contributed by atoms with Crippen LogP contribution in [-0.2, 0) is 9.53 Å². The first kappa shape index (κ1) is 15.9. The van der Waals surface area contributed by atoms with Gasteiger partial charge in [-0.3, -0.25) is 0 Å². The van der Waals surface area contributed by atoms with Crippen molar-refractivity contribution in [1.29, 1.82) is 0 Å². The number of aryl methyl sites for hydroxylation is 1. The van der Waals surface area contributed by atoms with Gasteiger partial charge in [-0.2, -0.15) is 0 Å². The third kappa shape index (κ3) is 2.54. The lowest BCUT2D eigenvalue weighted by molar-refractivity contribution is -0.146. The van der Waals surface area contributed by atoms with Crippen molar-refractivity contribution in [3.8, 4) is 0 Å². The van der Waals surface area contributed by atoms with E-state index < -0.39 is 5.54 Å². The minimum atomic E-state index is -0.692. The molecule has 2 rings (SSSR count). The van der Waals surface area contributed by atoms with Crippen molar-refractivity contribution in [3.63, 3.8) is 0 Å². The number of nitrogens with zero attached hydrogens (tertiary/aromatic N) is 1. The number of hydrogen-bond acceptors (Lipinski definition) is 3. The zero-order valence-electron chi connectivity index (χ0n) is 14.3. The summed E-state index contributed by atoms with van der Waals surface area (Å²) >= 11 is 0. The lowest BCUT2D eigenvalue weighted by Gasteiger charge is -2.53. The molecular formula is C18H27NO2. The quantitative estimate of drug-likeness (QED) is 0.770. The van der Waals surface area contributed by atoms with Crippen LogP contribution in [0.3, 0.4) is 0 Å². The molecule has 0 saturated heterocycles. The van der Waals surface area contributed by atoms with E-state index in [2.05, 4.69) is 50.8 Å². The van der Waals surface area contributed by atoms with Crippen LogP contribution in [0.2, 0.25) is 0 Å². The first-order valence-electron chi connectivity index (χ1n) is 7.60. The number of ether oxygens (including phenoxy) is 1. The fourth-order valence-corrected chi connectivity index (χ4v) is 3.95. The van der Waals surface area contributed by atoms with E-state index in [1.54, 1.807) is 0 Å². The van der Waals surface area contributed by atoms with Gasteiger partial charge >= 0.3 is 5.97 Å². The smallest absolute Gasteiger partial charge is 0.331 e. The molecule has 1 aromatic carbocycles. The molecule has 0 amide bonds. The molecule has 1 aromatic rings. The molecule has 1 aliphatic heterocycles. The summed E-state index contributed by atoms with van der Waals surface area (Å²) in [5.41, 5.74) is 2.95. The van der Waals surface area contributed by atoms with Gasteiger partial charge in [0.2, 0.25) is 0 Å². The first-order valence-corrected chi connectivity index (χ1v) is 7.60. The molecule has 0 saturated carbocycles. The summed E-state index contributed by atoms with van der Waals surface area (Å²) in [6, 6.07) is 6.51. The molecular weight excluding hydrogens is 262 g/mol. The number of methoxy groups -OCH3 is 1. The fraction of sp³-hybridized carbons (Fsp3) is 0.611. The van der Waals surface area contributed by atoms with E-state index >= 15 is 0 Å². The second kappa shape index (κ2) is 5.04. The van der Waals surface area contributed by atoms with Crippen LogP contribution in [0.4, 0.5) is 5.69 Å². The molecule has 0 N–H and O–H groups in total. The molecule has 1 unspecified atom stereocenters. The van der Waals surface area contributed by atoms with Crippen LogP contribution in [0.1, 0.15) is 58.1 Å². The van der Waals surface area contributed by atoms with Gasteiger partial charge in [-0.15, -0.1) is 0 Å². The number of carbonyl (C=O) groups is 1. The van der Waals surface area contributed by atoms with Gasteiger partial charge in [0.1, 0.15) is 5.54 Å². The summed E-state index contributed by atoms with van der Waals surface area (Å²) in [4.78, 5) is 14.6. The number of rotatable bonds is 2. The molecule has 1 atom stereocenters. The highest BCUT2D eigenvalue weighted by Gasteiger charge is 2.47. The molecule has 21 heavy (non-hydrogen) atoms. The highest BCUT2D eigenvalue weighted by molar-refractivity contribution is 5.85. The van der Waals surface area contributed by atoms with Gasteiger partial charge in [-0.1, -0.05) is 24.6 Å². The number of benzene rings is 1. The highest BCUT2D eigenvalue weighted by Crippen LogP contribution is 2.47. The number of esters is 1. The summed E-state index contributed by atoms with van der Waals surface area (Å²) in [6.45, 7) is 12.7. The molecule has 0 radical (unpaired) electrons. The summed E-state index contributed by atoms with van der Waals surface area (Å²) in [5, 5.41) is 0. The van der Waals surface area contributed by atoms with Gasteiger partial charge in [-0.25, -0.2) is 4.79 Å². The van der Waals surface area contributed by atoms with Gasteiger partial charge in [0.05, 0.1) is 7.11 Å². The van der Waals surface area contributed by atoms with Crippen LogP contribution < -0.4 is 4.90 Å². The van der Waals surface area contributed by atoms with Crippen LogP contribution in [-0.4, -0.2) is 24.2 Å². The standard InChI is InChI=1S/C18H27NO2/c1-12-8-9-15-14(10-12)13(2)11-17(3,4)19(15)18(5,6)16(20)21-7/h8-10,13H,11H2,1-7H3. The Balaban J connectivity index is 2.63. The van der Waals surface area contributed by atoms with Gasteiger partial charge in [0.15, 0.2) is 0 Å². The molecule has 0 fully saturated rings. The Hall–Kier alpha value is -1.51. The van der Waals surface area contributed by atoms with Crippen molar-refractivity contribution >= 4 is 11.7 Å². The molecule has 0 aromatic heterocycles. The normalized spacial score (nSPS) is 20.9. The Morgan fingerprint density at radius 1 is 1.38 bits per heavy atom. The van der Waals surface area contributed by atoms with Crippen molar-refractivity contribution in [2.24, 2.45) is 0 Å². The first-order chi connectivity index (χ1) is 9.61. The van der Waals surface area contributed by atoms with E-state index in [9.17, 15) is 4.79 Å². The zero-order valence-corrected chi connectivity index (χ0v) is 14.3. The van der Waals surface area contributed by atoms with Crippen molar-refractivity contribution < 1.29 is 9.53 Å². The van der Waals surface area contributed by atoms with E-state index in [1.807, 2.05) is 13.8 Å². The van der Waals surface area contributed by atoms with Crippen LogP contribution >= 0.6 is 0 Å². The number of anilines is 1. The lowest BCUT2D eigenvalue weighted by atomic mass is 9.77. The van der Waals surface area contributed by atoms with Gasteiger partial charge < -0.3 is 9.64 Å². The highest BCUT2D eigenvalue weighted by atomic mass is 16.5. The largest absolute Gasteiger partial charge is 0.467 e. The monoisotopic (exact) mass is 289 g/mol. The van der Waals surface area contributed by atoms with Crippen molar-refractivity contribution in [2.45, 2.75) is 65.0 Å². The average molecular weight is 289 g/mol. The molecule has 3 heteroatoms. The van der Waals surface area contributed by atoms with Crippen molar-refractivity contribution in [1.82, 2.24) is 0 Å². The molecule has 3 nitrogen and oxygen atoms in total. The average Bonchev–Trinajstić information content (AvgIpc) is 2.37. The van der Waals surface area contributed by atoms with E-state index in [0.29, 0.717) is 5.92 Å². The van der Waals surface area contributed by atoms with E-state index in [4.69, 9.17) is 4.74 Å². The molecule has 116 valence electrons. The Bertz CT molecular complexity index is 560. The van der Waals surface area contributed by atoms with Crippen LogP contribution in [0, 0.1) is 6.92 Å². The predicted molar refractivity (Wildman–Crippen MR) is 86.9 cm³/mol. The zero-order chi connectivity index (χ0) is 16.0. The van der Waals surface area contributed by atoms with Crippen LogP contribution in [0.15, 0.2) is 18.2 Å². The predicted octanol–water partition coefficient (Wildman–Crippen LogP) is 4.04. The lowest BCUT2D eigenvalue weighted by Crippen LogP contribution is -2.62. The Labute approximate surface area is 128 Å². The third-order valence-corrected chi connectivity index (χ3v) is 4.61. The Morgan fingerprint density at radius 3 is 2.57 bits per heavy atom. The van der Waals surface area contributed by atoms with Gasteiger partial charge in [0, 0.05) is 11.2 Å². The summed E-state index contributed by atoms with van der Waals surface area (Å²) in [6.07, 6.45) is 1.02. The van der Waals surface area contributed by atoms with E-state index in [1.165, 1.54) is 18.2 Å². The summed E-state index contributed by atoms with van der Waals surface area (Å²) in [5.74, 6) is 0.288. The van der Waals surface area contributed by atoms with Crippen LogP contribution in [0.25, 0.3) is 0 Å². The maximum absolute atomic E-state index is 12.3. The second-order valence-corrected chi connectivity index (χ2v) is 7.37. The topological polar surface area (TPSA) is 29.5 Å². The number of hydrogen-bond donors (Lipinski definition) is 0. The van der Waals surface area contributed by atoms with E-state index in [0.717, 1.165) is 12.1 Å². The summed E-state index contributed by atoms with van der Waals surface area (Å²) in [7, 11) is 1.46. The maximum atomic E-state index is 12.3. The Morgan fingerprint density at radius 2 is 2.00 bits per heavy atom. The molecule has 0 aliphatic carbocycles. The number of fused-ring (bicyclic) bond motifs is 1. The maximum Gasteiger partial charge on any atom is 0.331 e. The number of carbonyl (C=O) groups excluding carboxylic acids is 1. The van der Waals surface area contributed by atoms with Gasteiger partial charge in [-0.05, 0) is 58.6 Å². The summed E-state index contributed by atoms with van der Waals surface area (Å²) < 4.78 is 5.05. The minimum absolute atomic E-state index is 0.0979. The fourth-order valence-electron chi connectivity index (χ4n) is 3.95. The molecule has 1 heterocycles. The van der Waals surface area contributed by atoms with Gasteiger partial charge in [0.25, 0.3) is 0 Å². The second-order valence-electron chi connectivity index (χ2n) is 7.37. The minimum Gasteiger partial charge on any atom is -0.467 e. The van der Waals surface area contributed by atoms with E-state index in [-0.39, 0.29) is 11.5 Å². The Kier molecular flexibility index (Phi) is 3.81.